The molecule has 27 heavy (non-hydrogen) atoms. The van der Waals surface area contributed by atoms with Gasteiger partial charge in [0.25, 0.3) is 11.6 Å². The van der Waals surface area contributed by atoms with Crippen LogP contribution in [0.25, 0.3) is 6.08 Å². The van der Waals surface area contributed by atoms with Gasteiger partial charge in [-0.05, 0) is 29.2 Å². The number of amidine groups is 1. The summed E-state index contributed by atoms with van der Waals surface area (Å²) in [4.78, 5) is 30.2. The van der Waals surface area contributed by atoms with Crippen molar-refractivity contribution in [3.05, 3.63) is 38.8 Å². The number of nitro groups is 1. The number of piperazine rings is 1. The largest absolute Gasteiger partial charge is 0.868 e. The van der Waals surface area contributed by atoms with Crippen LogP contribution in [-0.2, 0) is 4.79 Å². The Hall–Kier alpha value is -2.90. The minimum absolute atomic E-state index is 0.372. The lowest BCUT2D eigenvalue weighted by Crippen LogP contribution is -3.14. The van der Waals surface area contributed by atoms with E-state index in [4.69, 9.17) is 5.26 Å². The lowest BCUT2D eigenvalue weighted by molar-refractivity contribution is -0.903. The predicted octanol–water partition coefficient (Wildman–Crippen LogP) is -0.247. The van der Waals surface area contributed by atoms with Gasteiger partial charge in [-0.15, -0.1) is 0 Å². The number of amides is 1. The van der Waals surface area contributed by atoms with Gasteiger partial charge in [0.05, 0.1) is 55.0 Å². The number of carbonyl (C=O) groups is 1. The average Bonchev–Trinajstić information content (AvgIpc) is 3.02. The van der Waals surface area contributed by atoms with Gasteiger partial charge < -0.3 is 14.9 Å². The Kier molecular flexibility index (Phi) is 5.73. The van der Waals surface area contributed by atoms with E-state index in [0.29, 0.717) is 22.1 Å². The molecule has 10 heteroatoms. The van der Waals surface area contributed by atoms with Crippen LogP contribution in [0.1, 0.15) is 12.0 Å². The number of nitro benzene ring substituents is 1. The lowest BCUT2D eigenvalue weighted by atomic mass is 10.1. The second kappa shape index (κ2) is 8.20. The summed E-state index contributed by atoms with van der Waals surface area (Å²) in [5, 5.41) is 31.7. The van der Waals surface area contributed by atoms with E-state index in [2.05, 4.69) is 11.1 Å². The monoisotopic (exact) mass is 387 g/mol. The molecule has 9 nitrogen and oxygen atoms in total. The Bertz CT molecular complexity index is 869. The van der Waals surface area contributed by atoms with Gasteiger partial charge >= 0.3 is 0 Å². The van der Waals surface area contributed by atoms with Crippen molar-refractivity contribution in [1.29, 1.82) is 5.26 Å². The SMILES string of the molecule is N#CCC[NH+]1CCN(C2=NC(=O)C(=Cc3ccc([O-])c([N+](=O)[O-])c3)S2)CC1. The molecular formula is C17H17N5O4S. The molecule has 1 amide bonds. The summed E-state index contributed by atoms with van der Waals surface area (Å²) in [6.07, 6.45) is 2.05. The number of hydrogen-bond acceptors (Lipinski definition) is 7. The van der Waals surface area contributed by atoms with Gasteiger partial charge in [0.1, 0.15) is 0 Å². The van der Waals surface area contributed by atoms with Gasteiger partial charge in [-0.1, -0.05) is 12.1 Å². The number of quaternary nitrogens is 1. The smallest absolute Gasteiger partial charge is 0.286 e. The van der Waals surface area contributed by atoms with Crippen LogP contribution in [0.5, 0.6) is 5.75 Å². The van der Waals surface area contributed by atoms with Crippen molar-refractivity contribution in [3.8, 4) is 11.8 Å². The van der Waals surface area contributed by atoms with Gasteiger partial charge in [0.2, 0.25) is 0 Å². The van der Waals surface area contributed by atoms with E-state index in [1.807, 2.05) is 4.90 Å². The second-order valence-electron chi connectivity index (χ2n) is 6.19. The van der Waals surface area contributed by atoms with Gasteiger partial charge in [-0.25, -0.2) is 0 Å². The average molecular weight is 387 g/mol. The van der Waals surface area contributed by atoms with E-state index in [9.17, 15) is 20.0 Å². The molecule has 2 aliphatic heterocycles. The highest BCUT2D eigenvalue weighted by molar-refractivity contribution is 8.18. The van der Waals surface area contributed by atoms with E-state index < -0.39 is 16.4 Å². The van der Waals surface area contributed by atoms with Crippen LogP contribution in [0.2, 0.25) is 0 Å². The minimum Gasteiger partial charge on any atom is -0.868 e. The number of hydrogen-bond donors (Lipinski definition) is 1. The third-order valence-corrected chi connectivity index (χ3v) is 5.46. The molecular weight excluding hydrogens is 370 g/mol. The molecule has 2 aliphatic rings. The number of benzene rings is 1. The molecule has 1 saturated heterocycles. The van der Waals surface area contributed by atoms with Crippen molar-refractivity contribution in [2.24, 2.45) is 4.99 Å². The molecule has 3 rings (SSSR count). The number of aliphatic imine (C=N–C) groups is 1. The fourth-order valence-corrected chi connectivity index (χ4v) is 3.91. The maximum absolute atomic E-state index is 12.2. The minimum atomic E-state index is -0.732. The maximum Gasteiger partial charge on any atom is 0.286 e. The zero-order valence-corrected chi connectivity index (χ0v) is 15.2. The Morgan fingerprint density at radius 1 is 1.41 bits per heavy atom. The molecule has 0 aromatic heterocycles. The first-order valence-electron chi connectivity index (χ1n) is 8.41. The van der Waals surface area contributed by atoms with E-state index in [0.717, 1.165) is 38.8 Å². The van der Waals surface area contributed by atoms with E-state index in [1.165, 1.54) is 34.9 Å². The highest BCUT2D eigenvalue weighted by Gasteiger charge is 2.29. The Labute approximate surface area is 159 Å². The van der Waals surface area contributed by atoms with Crippen molar-refractivity contribution in [1.82, 2.24) is 4.90 Å². The van der Waals surface area contributed by atoms with E-state index in [-0.39, 0.29) is 5.91 Å². The fraction of sp³-hybridized carbons (Fsp3) is 0.353. The normalized spacial score (nSPS) is 19.2. The summed E-state index contributed by atoms with van der Waals surface area (Å²) in [5.74, 6) is -1.05. The zero-order valence-electron chi connectivity index (χ0n) is 14.4. The van der Waals surface area contributed by atoms with Crippen molar-refractivity contribution in [3.63, 3.8) is 0 Å². The molecule has 0 atom stereocenters. The van der Waals surface area contributed by atoms with Crippen LogP contribution in [-0.4, -0.2) is 53.6 Å². The van der Waals surface area contributed by atoms with Gasteiger partial charge in [-0.2, -0.15) is 10.3 Å². The number of nitrogens with one attached hydrogen (secondary N) is 1. The summed E-state index contributed by atoms with van der Waals surface area (Å²) in [6, 6.07) is 5.89. The summed E-state index contributed by atoms with van der Waals surface area (Å²) < 4.78 is 0. The highest BCUT2D eigenvalue weighted by Crippen LogP contribution is 2.32. The number of thioether (sulfide) groups is 1. The third-order valence-electron chi connectivity index (χ3n) is 4.42. The van der Waals surface area contributed by atoms with Crippen molar-refractivity contribution >= 4 is 34.6 Å². The van der Waals surface area contributed by atoms with Crippen LogP contribution in [0.4, 0.5) is 5.69 Å². The Balaban J connectivity index is 1.66. The van der Waals surface area contributed by atoms with Gasteiger partial charge in [0, 0.05) is 6.07 Å². The molecule has 140 valence electrons. The first-order chi connectivity index (χ1) is 13.0. The van der Waals surface area contributed by atoms with Gasteiger partial charge in [-0.3, -0.25) is 14.9 Å². The molecule has 1 N–H and O–H groups in total. The quantitative estimate of drug-likeness (QED) is 0.429. The highest BCUT2D eigenvalue weighted by atomic mass is 32.2. The molecule has 0 bridgehead atoms. The number of nitriles is 1. The van der Waals surface area contributed by atoms with Crippen molar-refractivity contribution in [2.75, 3.05) is 32.7 Å². The molecule has 0 saturated carbocycles. The van der Waals surface area contributed by atoms with E-state index >= 15 is 0 Å². The van der Waals surface area contributed by atoms with Gasteiger partial charge in [0.15, 0.2) is 5.17 Å². The molecule has 0 unspecified atom stereocenters. The third kappa shape index (κ3) is 4.45. The number of nitrogens with zero attached hydrogens (tertiary/aromatic N) is 4. The predicted molar refractivity (Wildman–Crippen MR) is 97.9 cm³/mol. The molecule has 1 aromatic carbocycles. The molecule has 2 heterocycles. The zero-order chi connectivity index (χ0) is 19.4. The first kappa shape index (κ1) is 18.9. The fourth-order valence-electron chi connectivity index (χ4n) is 2.95. The van der Waals surface area contributed by atoms with Crippen LogP contribution >= 0.6 is 11.8 Å². The lowest BCUT2D eigenvalue weighted by Gasteiger charge is -2.32. The Morgan fingerprint density at radius 3 is 2.81 bits per heavy atom. The van der Waals surface area contributed by atoms with Crippen LogP contribution < -0.4 is 10.0 Å². The standard InChI is InChI=1S/C17H17N5O4S/c18-4-1-5-20-6-8-21(9-7-20)17-19-16(24)15(27-17)11-12-2-3-14(23)13(10-12)22(25)26/h2-3,10-11,23H,1,5-9H2. The summed E-state index contributed by atoms with van der Waals surface area (Å²) >= 11 is 1.24. The van der Waals surface area contributed by atoms with E-state index in [1.54, 1.807) is 0 Å². The topological polar surface area (TPSA) is 127 Å². The van der Waals surface area contributed by atoms with Crippen LogP contribution in [0.15, 0.2) is 28.1 Å². The summed E-state index contributed by atoms with van der Waals surface area (Å²) in [6.45, 7) is 4.09. The maximum atomic E-state index is 12.2. The molecule has 0 radical (unpaired) electrons. The Morgan fingerprint density at radius 2 is 2.15 bits per heavy atom. The summed E-state index contributed by atoms with van der Waals surface area (Å²) in [7, 11) is 0. The first-order valence-corrected chi connectivity index (χ1v) is 9.23. The molecule has 1 fully saturated rings. The van der Waals surface area contributed by atoms with Crippen molar-refractivity contribution in [2.45, 2.75) is 6.42 Å². The summed E-state index contributed by atoms with van der Waals surface area (Å²) in [5.41, 5.74) is -0.100. The van der Waals surface area contributed by atoms with Crippen molar-refractivity contribution < 1.29 is 19.7 Å². The molecule has 0 spiro atoms. The number of rotatable bonds is 4. The van der Waals surface area contributed by atoms with Crippen LogP contribution in [0.3, 0.4) is 0 Å². The molecule has 1 aromatic rings. The molecule has 0 aliphatic carbocycles. The number of carbonyl (C=O) groups excluding carboxylic acids is 1. The second-order valence-corrected chi connectivity index (χ2v) is 7.20. The van der Waals surface area contributed by atoms with Crippen LogP contribution in [0, 0.1) is 21.4 Å².